The molecule has 0 aliphatic rings. The second kappa shape index (κ2) is 10.1. The summed E-state index contributed by atoms with van der Waals surface area (Å²) < 4.78 is 15.2. The molecule has 8 aromatic rings. The number of nitrogens with zero attached hydrogens (tertiary/aromatic N) is 6. The smallest absolute Gasteiger partial charge is 0.516 e. The number of nitriles is 1. The van der Waals surface area contributed by atoms with E-state index in [1.165, 1.54) is 0 Å². The number of fused-ring (bicyclic) bond motifs is 6. The fraction of sp³-hybridized carbons (Fsp3) is 0.0857. The Morgan fingerprint density at radius 2 is 1.30 bits per heavy atom. The second-order valence-corrected chi connectivity index (χ2v) is 10.9. The van der Waals surface area contributed by atoms with Crippen LogP contribution in [0.2, 0.25) is 0 Å². The minimum atomic E-state index is -0.875. The molecule has 0 fully saturated rings. The van der Waals surface area contributed by atoms with Crippen LogP contribution in [0.3, 0.4) is 0 Å². The quantitative estimate of drug-likeness (QED) is 0.169. The van der Waals surface area contributed by atoms with Crippen molar-refractivity contribution < 1.29 is 29.9 Å². The van der Waals surface area contributed by atoms with Gasteiger partial charge in [-0.25, -0.2) is 4.85 Å². The van der Waals surface area contributed by atoms with Crippen LogP contribution in [0.25, 0.3) is 60.1 Å². The van der Waals surface area contributed by atoms with Crippen LogP contribution in [0.1, 0.15) is 30.8 Å². The van der Waals surface area contributed by atoms with E-state index in [1.807, 2.05) is 74.5 Å². The fourth-order valence-corrected chi connectivity index (χ4v) is 5.75. The molecule has 0 radical (unpaired) electrons. The third kappa shape index (κ3) is 4.07. The number of hydrogen-bond acceptors (Lipinski definition) is 5. The van der Waals surface area contributed by atoms with Gasteiger partial charge in [-0.3, -0.25) is 9.36 Å². The minimum Gasteiger partial charge on any atom is -0.516 e. The average molecular weight is 752 g/mol. The molecule has 44 heavy (non-hydrogen) atoms. The molecule has 0 bridgehead atoms. The van der Waals surface area contributed by atoms with Crippen molar-refractivity contribution in [2.24, 2.45) is 0 Å². The minimum absolute atomic E-state index is 0. The Morgan fingerprint density at radius 3 is 1.84 bits per heavy atom. The van der Waals surface area contributed by atoms with E-state index in [4.69, 9.17) is 25.6 Å². The molecular weight excluding hydrogens is 732 g/mol. The summed E-state index contributed by atoms with van der Waals surface area (Å²) >= 11 is 0. The van der Waals surface area contributed by atoms with Gasteiger partial charge in [-0.1, -0.05) is 47.2 Å². The monoisotopic (exact) mass is 751 g/mol. The van der Waals surface area contributed by atoms with Gasteiger partial charge < -0.3 is 8.83 Å². The Bertz CT molecular complexity index is 2310. The fourth-order valence-electron chi connectivity index (χ4n) is 5.75. The van der Waals surface area contributed by atoms with Gasteiger partial charge in [0.1, 0.15) is 17.2 Å². The van der Waals surface area contributed by atoms with Crippen LogP contribution in [0, 0.1) is 30.0 Å². The van der Waals surface area contributed by atoms with Crippen LogP contribution in [-0.4, -0.2) is 19.6 Å². The summed E-state index contributed by atoms with van der Waals surface area (Å²) in [7, 11) is 0. The van der Waals surface area contributed by atoms with E-state index < -0.39 is 5.41 Å². The van der Waals surface area contributed by atoms with Gasteiger partial charge in [0.2, 0.25) is 5.69 Å². The van der Waals surface area contributed by atoms with E-state index in [1.54, 1.807) is 33.9 Å². The van der Waals surface area contributed by atoms with Crippen molar-refractivity contribution in [3.05, 3.63) is 126 Å². The maximum absolute atomic E-state index is 10.1. The van der Waals surface area contributed by atoms with Gasteiger partial charge in [-0.2, -0.15) is 27.6 Å². The molecule has 4 heterocycles. The summed E-state index contributed by atoms with van der Waals surface area (Å²) in [4.78, 5) is 3.79. The Morgan fingerprint density at radius 1 is 0.773 bits per heavy atom. The van der Waals surface area contributed by atoms with E-state index in [9.17, 15) is 5.26 Å². The predicted octanol–water partition coefficient (Wildman–Crippen LogP) is 8.20. The van der Waals surface area contributed by atoms with Crippen LogP contribution in [0.15, 0.2) is 94.0 Å². The summed E-state index contributed by atoms with van der Waals surface area (Å²) in [5.74, 6) is 0. The Balaban J connectivity index is 0.00000312. The summed E-state index contributed by atoms with van der Waals surface area (Å²) in [6.07, 6.45) is 3.38. The third-order valence-corrected chi connectivity index (χ3v) is 7.92. The number of aromatic nitrogens is 4. The van der Waals surface area contributed by atoms with E-state index >= 15 is 0 Å². The standard InChI is InChI=1S/C35H20N6O2.Pt/c1-35(2,33-21(18-36)19-40(38-33)22-12-14-31-26(16-22)24-8-4-6-10-29(24)42-31)34-28(37-3)20-41(39-34)23-13-15-32-27(17-23)25-9-5-7-11-30(25)43-32;/h4-11,14-17,19-20H,1-2H3;/q-2;+2. The van der Waals surface area contributed by atoms with Crippen molar-refractivity contribution in [1.82, 2.24) is 19.6 Å². The van der Waals surface area contributed by atoms with E-state index in [0.717, 1.165) is 43.9 Å². The predicted molar refractivity (Wildman–Crippen MR) is 162 cm³/mol. The van der Waals surface area contributed by atoms with Crippen molar-refractivity contribution in [2.45, 2.75) is 19.3 Å². The van der Waals surface area contributed by atoms with Crippen LogP contribution >= 0.6 is 0 Å². The molecule has 0 spiro atoms. The van der Waals surface area contributed by atoms with Gasteiger partial charge in [0.15, 0.2) is 0 Å². The first-order chi connectivity index (χ1) is 20.9. The zero-order valence-electron chi connectivity index (χ0n) is 23.4. The molecule has 0 N–H and O–H groups in total. The van der Waals surface area contributed by atoms with Gasteiger partial charge >= 0.3 is 21.1 Å². The zero-order chi connectivity index (χ0) is 29.3. The normalized spacial score (nSPS) is 11.6. The topological polar surface area (TPSA) is 90.1 Å². The van der Waals surface area contributed by atoms with Crippen LogP contribution < -0.4 is 0 Å². The van der Waals surface area contributed by atoms with E-state index in [2.05, 4.69) is 23.0 Å². The average Bonchev–Trinajstić information content (AvgIpc) is 3.82. The van der Waals surface area contributed by atoms with Crippen molar-refractivity contribution >= 4 is 49.6 Å². The number of hydrogen-bond donors (Lipinski definition) is 0. The van der Waals surface area contributed by atoms with Crippen molar-refractivity contribution in [3.8, 4) is 17.4 Å². The molecule has 4 aromatic carbocycles. The molecule has 0 saturated heterocycles. The molecule has 8 rings (SSSR count). The number of para-hydroxylation sites is 2. The number of furan rings is 2. The van der Waals surface area contributed by atoms with Gasteiger partial charge in [0, 0.05) is 39.7 Å². The molecule has 8 nitrogen and oxygen atoms in total. The molecule has 0 aliphatic heterocycles. The van der Waals surface area contributed by atoms with Crippen molar-refractivity contribution in [1.29, 1.82) is 5.26 Å². The Labute approximate surface area is 265 Å². The van der Waals surface area contributed by atoms with E-state index in [0.29, 0.717) is 34.0 Å². The number of benzene rings is 4. The summed E-state index contributed by atoms with van der Waals surface area (Å²) in [5, 5.41) is 23.7. The molecular formula is C35H20N6O2Pt. The van der Waals surface area contributed by atoms with Crippen LogP contribution in [0.4, 0.5) is 5.69 Å². The zero-order valence-corrected chi connectivity index (χ0v) is 25.7. The van der Waals surface area contributed by atoms with Gasteiger partial charge in [-0.15, -0.1) is 24.3 Å². The molecule has 0 atom stereocenters. The SMILES string of the molecule is [C-]#[N+]c1cn(-c2[c-]cc3oc4ccccc4c3c2)nc1C(C)(C)c1nn(-c2[c-]cc3oc4ccccc4c3c2)cc1C#N.[Pt+2]. The van der Waals surface area contributed by atoms with E-state index in [-0.39, 0.29) is 21.1 Å². The number of rotatable bonds is 4. The molecule has 4 aromatic heterocycles. The summed E-state index contributed by atoms with van der Waals surface area (Å²) in [5.41, 5.74) is 5.29. The molecule has 212 valence electrons. The second-order valence-electron chi connectivity index (χ2n) is 10.9. The van der Waals surface area contributed by atoms with Gasteiger partial charge in [-0.05, 0) is 37.4 Å². The Hall–Kier alpha value is -5.43. The van der Waals surface area contributed by atoms with Crippen molar-refractivity contribution in [3.63, 3.8) is 0 Å². The van der Waals surface area contributed by atoms with Gasteiger partial charge in [0.25, 0.3) is 0 Å². The molecule has 9 heteroatoms. The first-order valence-corrected chi connectivity index (χ1v) is 13.6. The van der Waals surface area contributed by atoms with Gasteiger partial charge in [0.05, 0.1) is 23.5 Å². The molecule has 0 aliphatic carbocycles. The molecule has 0 unspecified atom stereocenters. The summed E-state index contributed by atoms with van der Waals surface area (Å²) in [6, 6.07) is 31.9. The Kier molecular flexibility index (Phi) is 6.28. The maximum Gasteiger partial charge on any atom is 2.00 e. The van der Waals surface area contributed by atoms with Crippen LogP contribution in [0.5, 0.6) is 0 Å². The first-order valence-electron chi connectivity index (χ1n) is 13.6. The van der Waals surface area contributed by atoms with Crippen molar-refractivity contribution in [2.75, 3.05) is 0 Å². The largest absolute Gasteiger partial charge is 2.00 e. The maximum atomic E-state index is 10.1. The molecule has 0 saturated carbocycles. The third-order valence-electron chi connectivity index (χ3n) is 7.92. The first kappa shape index (κ1) is 27.4. The van der Waals surface area contributed by atoms with Crippen LogP contribution in [-0.2, 0) is 26.5 Å². The molecule has 0 amide bonds. The summed E-state index contributed by atoms with van der Waals surface area (Å²) in [6.45, 7) is 11.8.